The van der Waals surface area contributed by atoms with E-state index in [1.165, 1.54) is 12.1 Å². The molecular formula is C28H31FN4O3. The molecule has 2 aromatic carbocycles. The van der Waals surface area contributed by atoms with Crippen molar-refractivity contribution < 1.29 is 18.7 Å². The van der Waals surface area contributed by atoms with E-state index in [4.69, 9.17) is 10.00 Å². The van der Waals surface area contributed by atoms with Gasteiger partial charge in [-0.15, -0.1) is 0 Å². The Kier molecular flexibility index (Phi) is 6.92. The summed E-state index contributed by atoms with van der Waals surface area (Å²) in [5.74, 6) is -1.34. The standard InChI is InChI=1S/C28H31FN4O3/c1-36-16-25-20-12-13-33(26(20)19-6-2-4-8-23(19)31-25)28(35)21-7-3-5-9-24(21)32-27(34)18-11-10-17(15-30)14-22(18)29/h2,4,6,8,10-11,14,20-21,24-26,31H,3,5,7,9,12-13,16H2,1H3,(H,32,34)/t20-,21+,24-,25+,26+/m1/s1. The monoisotopic (exact) mass is 490 g/mol. The van der Waals surface area contributed by atoms with Gasteiger partial charge in [0.05, 0.1) is 41.8 Å². The number of methoxy groups -OCH3 is 1. The lowest BCUT2D eigenvalue weighted by Gasteiger charge is -2.41. The Bertz CT molecular complexity index is 1200. The van der Waals surface area contributed by atoms with Crippen LogP contribution < -0.4 is 10.6 Å². The minimum Gasteiger partial charge on any atom is -0.383 e. The second-order valence-electron chi connectivity index (χ2n) is 10.00. The first-order chi connectivity index (χ1) is 17.5. The number of rotatable bonds is 5. The number of carbonyl (C=O) groups is 2. The van der Waals surface area contributed by atoms with Gasteiger partial charge in [0.2, 0.25) is 5.91 Å². The summed E-state index contributed by atoms with van der Waals surface area (Å²) in [5.41, 5.74) is 2.20. The van der Waals surface area contributed by atoms with Gasteiger partial charge in [-0.2, -0.15) is 5.26 Å². The van der Waals surface area contributed by atoms with Crippen molar-refractivity contribution in [1.82, 2.24) is 10.2 Å². The van der Waals surface area contributed by atoms with Crippen LogP contribution in [0.15, 0.2) is 42.5 Å². The van der Waals surface area contributed by atoms with Crippen LogP contribution >= 0.6 is 0 Å². The summed E-state index contributed by atoms with van der Waals surface area (Å²) in [4.78, 5) is 29.0. The molecule has 2 amide bonds. The topological polar surface area (TPSA) is 94.5 Å². The Balaban J connectivity index is 1.37. The van der Waals surface area contributed by atoms with Gasteiger partial charge in [0, 0.05) is 31.3 Å². The lowest BCUT2D eigenvalue weighted by molar-refractivity contribution is -0.139. The Morgan fingerprint density at radius 1 is 1.19 bits per heavy atom. The maximum Gasteiger partial charge on any atom is 0.254 e. The molecule has 1 saturated heterocycles. The van der Waals surface area contributed by atoms with Crippen LogP contribution in [-0.2, 0) is 9.53 Å². The third-order valence-electron chi connectivity index (χ3n) is 7.95. The molecule has 3 aliphatic rings. The Labute approximate surface area is 210 Å². The number of hydrogen-bond acceptors (Lipinski definition) is 5. The van der Waals surface area contributed by atoms with E-state index in [-0.39, 0.29) is 47.0 Å². The minimum atomic E-state index is -0.733. The van der Waals surface area contributed by atoms with Crippen LogP contribution in [0, 0.1) is 29.0 Å². The van der Waals surface area contributed by atoms with Crippen molar-refractivity contribution >= 4 is 17.5 Å². The highest BCUT2D eigenvalue weighted by Crippen LogP contribution is 2.47. The van der Waals surface area contributed by atoms with Crippen LogP contribution in [0.4, 0.5) is 10.1 Å². The number of amides is 2. The van der Waals surface area contributed by atoms with Crippen molar-refractivity contribution in [2.75, 3.05) is 25.6 Å². The number of nitriles is 1. The van der Waals surface area contributed by atoms with Crippen molar-refractivity contribution in [2.24, 2.45) is 11.8 Å². The fourth-order valence-electron chi connectivity index (χ4n) is 6.25. The van der Waals surface area contributed by atoms with Crippen molar-refractivity contribution in [3.05, 3.63) is 65.0 Å². The third kappa shape index (κ3) is 4.44. The van der Waals surface area contributed by atoms with Gasteiger partial charge in [0.1, 0.15) is 5.82 Å². The molecule has 5 rings (SSSR count). The van der Waals surface area contributed by atoms with Crippen LogP contribution in [-0.4, -0.2) is 49.1 Å². The predicted molar refractivity (Wildman–Crippen MR) is 133 cm³/mol. The first-order valence-corrected chi connectivity index (χ1v) is 12.7. The Morgan fingerprint density at radius 3 is 2.78 bits per heavy atom. The van der Waals surface area contributed by atoms with Crippen molar-refractivity contribution in [1.29, 1.82) is 5.26 Å². The summed E-state index contributed by atoms with van der Waals surface area (Å²) in [6.45, 7) is 1.22. The zero-order valence-electron chi connectivity index (χ0n) is 20.4. The number of carbonyl (C=O) groups excluding carboxylic acids is 2. The molecule has 1 aliphatic carbocycles. The summed E-state index contributed by atoms with van der Waals surface area (Å²) in [7, 11) is 1.70. The molecule has 0 unspecified atom stereocenters. The largest absolute Gasteiger partial charge is 0.383 e. The number of likely N-dealkylation sites (tertiary alicyclic amines) is 1. The first kappa shape index (κ1) is 24.3. The smallest absolute Gasteiger partial charge is 0.254 e. The lowest BCUT2D eigenvalue weighted by atomic mass is 9.81. The van der Waals surface area contributed by atoms with Gasteiger partial charge in [-0.25, -0.2) is 4.39 Å². The van der Waals surface area contributed by atoms with Crippen LogP contribution in [0.1, 0.15) is 59.6 Å². The molecule has 0 radical (unpaired) electrons. The summed E-state index contributed by atoms with van der Waals surface area (Å²) in [6.07, 6.45) is 4.06. The highest BCUT2D eigenvalue weighted by Gasteiger charge is 2.48. The summed E-state index contributed by atoms with van der Waals surface area (Å²) in [6, 6.07) is 13.5. The normalized spacial score (nSPS) is 26.8. The quantitative estimate of drug-likeness (QED) is 0.660. The number of nitrogens with one attached hydrogen (secondary N) is 2. The molecule has 2 N–H and O–H groups in total. The molecule has 0 aromatic heterocycles. The number of benzene rings is 2. The zero-order chi connectivity index (χ0) is 25.2. The molecule has 0 bridgehead atoms. The van der Waals surface area contributed by atoms with E-state index >= 15 is 0 Å². The second kappa shape index (κ2) is 10.3. The van der Waals surface area contributed by atoms with Crippen LogP contribution in [0.25, 0.3) is 0 Å². The molecule has 188 valence electrons. The average Bonchev–Trinajstić information content (AvgIpc) is 3.34. The molecule has 2 fully saturated rings. The molecule has 2 aromatic rings. The van der Waals surface area contributed by atoms with Crippen LogP contribution in [0.3, 0.4) is 0 Å². The SMILES string of the molecule is COC[C@@H]1Nc2ccccc2[C@H]2[C@@H]1CCN2C(=O)[C@H]1CCCC[C@H]1NC(=O)c1ccc(C#N)cc1F. The van der Waals surface area contributed by atoms with Gasteiger partial charge < -0.3 is 20.3 Å². The van der Waals surface area contributed by atoms with E-state index in [0.717, 1.165) is 36.6 Å². The number of anilines is 1. The minimum absolute atomic E-state index is 0.0376. The number of nitrogens with zero attached hydrogens (tertiary/aromatic N) is 2. The fraction of sp³-hybridized carbons (Fsp3) is 0.464. The highest BCUT2D eigenvalue weighted by atomic mass is 19.1. The Morgan fingerprint density at radius 2 is 2.00 bits per heavy atom. The highest BCUT2D eigenvalue weighted by molar-refractivity contribution is 5.95. The molecule has 5 atom stereocenters. The van der Waals surface area contributed by atoms with Gasteiger partial charge in [-0.3, -0.25) is 9.59 Å². The molecule has 0 spiro atoms. The van der Waals surface area contributed by atoms with E-state index in [2.05, 4.69) is 16.7 Å². The van der Waals surface area contributed by atoms with E-state index < -0.39 is 11.7 Å². The Hall–Kier alpha value is -3.44. The number of halogens is 1. The summed E-state index contributed by atoms with van der Waals surface area (Å²) < 4.78 is 19.9. The summed E-state index contributed by atoms with van der Waals surface area (Å²) in [5, 5.41) is 15.5. The van der Waals surface area contributed by atoms with Crippen LogP contribution in [0.2, 0.25) is 0 Å². The number of para-hydroxylation sites is 1. The average molecular weight is 491 g/mol. The second-order valence-corrected chi connectivity index (χ2v) is 10.00. The van der Waals surface area contributed by atoms with Gasteiger partial charge in [0.25, 0.3) is 5.91 Å². The molecule has 1 saturated carbocycles. The number of hydrogen-bond donors (Lipinski definition) is 2. The van der Waals surface area contributed by atoms with Crippen molar-refractivity contribution in [2.45, 2.75) is 50.2 Å². The number of ether oxygens (including phenoxy) is 1. The molecule has 36 heavy (non-hydrogen) atoms. The van der Waals surface area contributed by atoms with Gasteiger partial charge in [-0.1, -0.05) is 31.0 Å². The number of fused-ring (bicyclic) bond motifs is 3. The van der Waals surface area contributed by atoms with Gasteiger partial charge in [0.15, 0.2) is 0 Å². The van der Waals surface area contributed by atoms with Gasteiger partial charge in [-0.05, 0) is 49.1 Å². The van der Waals surface area contributed by atoms with Crippen LogP contribution in [0.5, 0.6) is 0 Å². The zero-order valence-corrected chi connectivity index (χ0v) is 20.4. The van der Waals surface area contributed by atoms with Crippen molar-refractivity contribution in [3.8, 4) is 6.07 Å². The molecule has 2 aliphatic heterocycles. The van der Waals surface area contributed by atoms with E-state index in [1.54, 1.807) is 7.11 Å². The van der Waals surface area contributed by atoms with E-state index in [9.17, 15) is 14.0 Å². The molecule has 7 nitrogen and oxygen atoms in total. The summed E-state index contributed by atoms with van der Waals surface area (Å²) >= 11 is 0. The predicted octanol–water partition coefficient (Wildman–Crippen LogP) is 4.02. The van der Waals surface area contributed by atoms with Gasteiger partial charge >= 0.3 is 0 Å². The maximum atomic E-state index is 14.5. The lowest BCUT2D eigenvalue weighted by Crippen LogP contribution is -2.50. The van der Waals surface area contributed by atoms with E-state index in [1.807, 2.05) is 29.2 Å². The van der Waals surface area contributed by atoms with E-state index in [0.29, 0.717) is 26.0 Å². The molecular weight excluding hydrogens is 459 g/mol. The molecule has 2 heterocycles. The first-order valence-electron chi connectivity index (χ1n) is 12.7. The van der Waals surface area contributed by atoms with Crippen molar-refractivity contribution in [3.63, 3.8) is 0 Å². The molecule has 8 heteroatoms. The third-order valence-corrected chi connectivity index (χ3v) is 7.95. The maximum absolute atomic E-state index is 14.5. The fourth-order valence-corrected chi connectivity index (χ4v) is 6.25.